The molecule has 5 nitrogen and oxygen atoms in total. The number of aliphatic hydroxyl groups is 1. The fraction of sp³-hybridized carbons (Fsp3) is 0.435. The van der Waals surface area contributed by atoms with E-state index in [0.29, 0.717) is 17.9 Å². The second kappa shape index (κ2) is 7.34. The molecule has 29 heavy (non-hydrogen) atoms. The number of aromatic nitrogens is 4. The van der Waals surface area contributed by atoms with Gasteiger partial charge < -0.3 is 9.67 Å². The summed E-state index contributed by atoms with van der Waals surface area (Å²) in [7, 11) is 0. The maximum Gasteiger partial charge on any atom is 0.129 e. The van der Waals surface area contributed by atoms with Crippen LogP contribution in [0.15, 0.2) is 43.1 Å². The summed E-state index contributed by atoms with van der Waals surface area (Å²) in [6.45, 7) is 1.90. The van der Waals surface area contributed by atoms with E-state index in [1.165, 1.54) is 11.6 Å². The van der Waals surface area contributed by atoms with Crippen LogP contribution in [0.3, 0.4) is 0 Å². The molecule has 2 aromatic heterocycles. The van der Waals surface area contributed by atoms with Crippen LogP contribution in [0.4, 0.5) is 4.39 Å². The molecule has 1 N–H and O–H groups in total. The number of rotatable bonds is 4. The SMILES string of the molecule is Cc1ncc(C2CCC(C(O)CC3c4c(F)cccc4-c4cncn43)CC2)cn1. The van der Waals surface area contributed by atoms with Crippen LogP contribution in [0.5, 0.6) is 0 Å². The molecule has 1 saturated carbocycles. The lowest BCUT2D eigenvalue weighted by Crippen LogP contribution is -2.28. The summed E-state index contributed by atoms with van der Waals surface area (Å²) in [4.78, 5) is 12.9. The second-order valence-electron chi connectivity index (χ2n) is 8.38. The van der Waals surface area contributed by atoms with Crippen molar-refractivity contribution in [1.29, 1.82) is 0 Å². The third kappa shape index (κ3) is 3.25. The Labute approximate surface area is 169 Å². The third-order valence-corrected chi connectivity index (χ3v) is 6.72. The molecule has 1 aliphatic carbocycles. The average molecular weight is 392 g/mol. The number of halogens is 1. The van der Waals surface area contributed by atoms with E-state index in [9.17, 15) is 9.50 Å². The monoisotopic (exact) mass is 392 g/mol. The summed E-state index contributed by atoms with van der Waals surface area (Å²) in [5.74, 6) is 1.29. The molecule has 150 valence electrons. The molecule has 5 rings (SSSR count). The molecule has 0 bridgehead atoms. The van der Waals surface area contributed by atoms with Crippen molar-refractivity contribution in [1.82, 2.24) is 19.5 Å². The summed E-state index contributed by atoms with van der Waals surface area (Å²) in [6, 6.07) is 4.99. The largest absolute Gasteiger partial charge is 0.393 e. The Morgan fingerprint density at radius 2 is 1.90 bits per heavy atom. The molecule has 1 aromatic carbocycles. The number of nitrogens with zero attached hydrogens (tertiary/aromatic N) is 4. The molecule has 0 radical (unpaired) electrons. The summed E-state index contributed by atoms with van der Waals surface area (Å²) in [5.41, 5.74) is 3.70. The minimum atomic E-state index is -0.462. The molecule has 0 amide bonds. The van der Waals surface area contributed by atoms with Crippen molar-refractivity contribution >= 4 is 0 Å². The zero-order valence-electron chi connectivity index (χ0n) is 16.5. The molecule has 2 aliphatic rings. The van der Waals surface area contributed by atoms with Crippen LogP contribution >= 0.6 is 0 Å². The highest BCUT2D eigenvalue weighted by Crippen LogP contribution is 2.45. The topological polar surface area (TPSA) is 63.8 Å². The Bertz CT molecular complexity index is 1010. The zero-order valence-corrected chi connectivity index (χ0v) is 16.5. The maximum atomic E-state index is 14.6. The number of aryl methyl sites for hydroxylation is 1. The van der Waals surface area contributed by atoms with Crippen LogP contribution < -0.4 is 0 Å². The average Bonchev–Trinajstić information content (AvgIpc) is 3.32. The first-order chi connectivity index (χ1) is 14.1. The van der Waals surface area contributed by atoms with Gasteiger partial charge >= 0.3 is 0 Å². The van der Waals surface area contributed by atoms with E-state index in [0.717, 1.165) is 42.8 Å². The van der Waals surface area contributed by atoms with Crippen LogP contribution in [0.1, 0.15) is 61.0 Å². The van der Waals surface area contributed by atoms with Gasteiger partial charge in [-0.1, -0.05) is 12.1 Å². The van der Waals surface area contributed by atoms with E-state index >= 15 is 0 Å². The molecule has 1 aliphatic heterocycles. The van der Waals surface area contributed by atoms with Gasteiger partial charge in [-0.3, -0.25) is 0 Å². The highest BCUT2D eigenvalue weighted by Gasteiger charge is 2.35. The third-order valence-electron chi connectivity index (χ3n) is 6.72. The van der Waals surface area contributed by atoms with Crippen molar-refractivity contribution in [2.75, 3.05) is 0 Å². The van der Waals surface area contributed by atoms with Crippen molar-refractivity contribution < 1.29 is 9.50 Å². The first-order valence-corrected chi connectivity index (χ1v) is 10.4. The predicted octanol–water partition coefficient (Wildman–Crippen LogP) is 4.42. The molecule has 2 unspecified atom stereocenters. The van der Waals surface area contributed by atoms with E-state index in [1.54, 1.807) is 18.6 Å². The second-order valence-corrected chi connectivity index (χ2v) is 8.38. The number of hydrogen-bond acceptors (Lipinski definition) is 4. The van der Waals surface area contributed by atoms with Gasteiger partial charge in [0.05, 0.1) is 30.4 Å². The molecular formula is C23H25FN4O. The maximum absolute atomic E-state index is 14.6. The summed E-state index contributed by atoms with van der Waals surface area (Å²) in [5, 5.41) is 11.0. The summed E-state index contributed by atoms with van der Waals surface area (Å²) in [6.07, 6.45) is 11.4. The normalized spacial score (nSPS) is 24.2. The molecule has 0 saturated heterocycles. The Morgan fingerprint density at radius 3 is 2.66 bits per heavy atom. The van der Waals surface area contributed by atoms with Gasteiger partial charge in [-0.25, -0.2) is 19.3 Å². The van der Waals surface area contributed by atoms with Crippen LogP contribution in [0.2, 0.25) is 0 Å². The van der Waals surface area contributed by atoms with Gasteiger partial charge in [0.2, 0.25) is 0 Å². The van der Waals surface area contributed by atoms with Gasteiger partial charge in [0.25, 0.3) is 0 Å². The van der Waals surface area contributed by atoms with Crippen LogP contribution in [0.25, 0.3) is 11.3 Å². The first kappa shape index (κ1) is 18.4. The molecule has 3 heterocycles. The molecule has 2 atom stereocenters. The van der Waals surface area contributed by atoms with E-state index in [4.69, 9.17) is 0 Å². The Kier molecular flexibility index (Phi) is 4.66. The Hall–Kier alpha value is -2.60. The van der Waals surface area contributed by atoms with Crippen molar-refractivity contribution in [3.8, 4) is 11.3 Å². The lowest BCUT2D eigenvalue weighted by atomic mass is 9.76. The molecule has 3 aromatic rings. The summed E-state index contributed by atoms with van der Waals surface area (Å²) >= 11 is 0. The van der Waals surface area contributed by atoms with Gasteiger partial charge in [0.15, 0.2) is 0 Å². The van der Waals surface area contributed by atoms with E-state index < -0.39 is 6.10 Å². The fourth-order valence-electron chi connectivity index (χ4n) is 5.10. The van der Waals surface area contributed by atoms with Crippen molar-refractivity contribution in [3.63, 3.8) is 0 Å². The minimum absolute atomic E-state index is 0.193. The first-order valence-electron chi connectivity index (χ1n) is 10.4. The van der Waals surface area contributed by atoms with Crippen molar-refractivity contribution in [2.45, 2.75) is 57.1 Å². The van der Waals surface area contributed by atoms with Crippen LogP contribution in [0, 0.1) is 18.7 Å². The number of aliphatic hydroxyl groups excluding tert-OH is 1. The highest BCUT2D eigenvalue weighted by atomic mass is 19.1. The van der Waals surface area contributed by atoms with Gasteiger partial charge in [-0.05, 0) is 62.5 Å². The number of fused-ring (bicyclic) bond motifs is 3. The number of hydrogen-bond donors (Lipinski definition) is 1. The van der Waals surface area contributed by atoms with E-state index in [1.807, 2.05) is 30.0 Å². The fourth-order valence-corrected chi connectivity index (χ4v) is 5.10. The lowest BCUT2D eigenvalue weighted by Gasteiger charge is -2.33. The smallest absolute Gasteiger partial charge is 0.129 e. The molecule has 0 spiro atoms. The minimum Gasteiger partial charge on any atom is -0.393 e. The molecule has 6 heteroatoms. The van der Waals surface area contributed by atoms with Gasteiger partial charge in [-0.15, -0.1) is 0 Å². The van der Waals surface area contributed by atoms with Gasteiger partial charge in [0.1, 0.15) is 11.6 Å². The van der Waals surface area contributed by atoms with Crippen molar-refractivity contribution in [2.24, 2.45) is 5.92 Å². The molecule has 1 fully saturated rings. The number of benzene rings is 1. The quantitative estimate of drug-likeness (QED) is 0.714. The van der Waals surface area contributed by atoms with E-state index in [2.05, 4.69) is 15.0 Å². The van der Waals surface area contributed by atoms with Gasteiger partial charge in [0, 0.05) is 23.5 Å². The highest BCUT2D eigenvalue weighted by molar-refractivity contribution is 5.69. The number of imidazole rings is 1. The van der Waals surface area contributed by atoms with E-state index in [-0.39, 0.29) is 17.8 Å². The summed E-state index contributed by atoms with van der Waals surface area (Å²) < 4.78 is 16.6. The van der Waals surface area contributed by atoms with Crippen LogP contribution in [-0.4, -0.2) is 30.7 Å². The zero-order chi connectivity index (χ0) is 20.0. The Morgan fingerprint density at radius 1 is 1.14 bits per heavy atom. The van der Waals surface area contributed by atoms with Gasteiger partial charge in [-0.2, -0.15) is 0 Å². The Balaban J connectivity index is 1.28. The van der Waals surface area contributed by atoms with Crippen LogP contribution in [-0.2, 0) is 0 Å². The van der Waals surface area contributed by atoms with Crippen molar-refractivity contribution in [3.05, 3.63) is 65.9 Å². The molecular weight excluding hydrogens is 367 g/mol. The standard InChI is InChI=1S/C23H25FN4O/c1-14-26-10-17(11-27-14)15-5-7-16(8-6-15)22(29)9-20-23-18(3-2-4-19(23)24)21-12-25-13-28(20)21/h2-4,10-13,15-16,20,22,29H,5-9H2,1H3. The lowest BCUT2D eigenvalue weighted by molar-refractivity contribution is 0.0649. The predicted molar refractivity (Wildman–Crippen MR) is 108 cm³/mol.